The molecule has 0 fully saturated rings. The van der Waals surface area contributed by atoms with Gasteiger partial charge in [0, 0.05) is 20.1 Å². The fourth-order valence-electron chi connectivity index (χ4n) is 0. The molecular weight excluding hydrogens is 276 g/mol. The SMILES string of the molecule is C=C=C.C=C=C.[CH3-].[Ir]. The van der Waals surface area contributed by atoms with Gasteiger partial charge >= 0.3 is 0 Å². The molecule has 0 aromatic rings. The zero-order valence-electron chi connectivity index (χ0n) is 5.16. The van der Waals surface area contributed by atoms with E-state index in [0.29, 0.717) is 0 Å². The third-order valence-corrected chi connectivity index (χ3v) is 0. The van der Waals surface area contributed by atoms with E-state index in [1.54, 1.807) is 0 Å². The fourth-order valence-corrected chi connectivity index (χ4v) is 0. The Morgan fingerprint density at radius 2 is 0.750 bits per heavy atom. The summed E-state index contributed by atoms with van der Waals surface area (Å²) in [6.45, 7) is 12.5. The molecule has 0 rings (SSSR count). The van der Waals surface area contributed by atoms with Gasteiger partial charge in [0.25, 0.3) is 0 Å². The average molecular weight is 287 g/mol. The molecule has 49 valence electrons. The van der Waals surface area contributed by atoms with Crippen LogP contribution in [0.5, 0.6) is 0 Å². The first-order chi connectivity index (χ1) is 2.83. The second-order valence-electron chi connectivity index (χ2n) is 0.500. The van der Waals surface area contributed by atoms with Gasteiger partial charge in [0.05, 0.1) is 0 Å². The third-order valence-electron chi connectivity index (χ3n) is 0. The van der Waals surface area contributed by atoms with Crippen LogP contribution >= 0.6 is 0 Å². The van der Waals surface area contributed by atoms with Gasteiger partial charge in [-0.15, -0.1) is 11.5 Å². The first kappa shape index (κ1) is 25.3. The molecule has 0 aromatic carbocycles. The molecule has 0 spiro atoms. The molecule has 0 unspecified atom stereocenters. The fraction of sp³-hybridized carbons (Fsp3) is 0. The summed E-state index contributed by atoms with van der Waals surface area (Å²) in [7, 11) is 0. The molecular formula is C7H11Ir-. The van der Waals surface area contributed by atoms with Gasteiger partial charge in [-0.2, -0.15) is 0 Å². The summed E-state index contributed by atoms with van der Waals surface area (Å²) in [6, 6.07) is 0. The van der Waals surface area contributed by atoms with Gasteiger partial charge in [-0.1, -0.05) is 26.3 Å². The molecule has 0 aliphatic rings. The van der Waals surface area contributed by atoms with E-state index in [4.69, 9.17) is 0 Å². The summed E-state index contributed by atoms with van der Waals surface area (Å²) in [6.07, 6.45) is 0. The molecule has 0 N–H and O–H groups in total. The Hall–Kier alpha value is -0.311. The van der Waals surface area contributed by atoms with Gasteiger partial charge < -0.3 is 7.43 Å². The monoisotopic (exact) mass is 288 g/mol. The maximum absolute atomic E-state index is 3.12. The van der Waals surface area contributed by atoms with Crippen molar-refractivity contribution in [3.05, 3.63) is 45.2 Å². The van der Waals surface area contributed by atoms with E-state index in [9.17, 15) is 0 Å². The summed E-state index contributed by atoms with van der Waals surface area (Å²) in [5.74, 6) is 0. The van der Waals surface area contributed by atoms with E-state index >= 15 is 0 Å². The van der Waals surface area contributed by atoms with Crippen molar-refractivity contribution in [2.24, 2.45) is 0 Å². The summed E-state index contributed by atoms with van der Waals surface area (Å²) in [5, 5.41) is 0. The first-order valence-corrected chi connectivity index (χ1v) is 1.41. The molecule has 0 aliphatic carbocycles. The standard InChI is InChI=1S/2C3H4.CH3.Ir/c2*1-3-2;;/h2*1-2H2;1H3;/q;;-1;. The Bertz CT molecular complexity index is 58.4. The predicted octanol–water partition coefficient (Wildman–Crippen LogP) is 2.36. The Labute approximate surface area is 65.7 Å². The molecule has 8 heavy (non-hydrogen) atoms. The van der Waals surface area contributed by atoms with Crippen molar-refractivity contribution in [3.8, 4) is 0 Å². The van der Waals surface area contributed by atoms with E-state index in [1.807, 2.05) is 0 Å². The van der Waals surface area contributed by atoms with Crippen molar-refractivity contribution in [1.82, 2.24) is 0 Å². The normalized spacial score (nSPS) is 2.00. The maximum atomic E-state index is 3.12. The van der Waals surface area contributed by atoms with Crippen molar-refractivity contribution < 1.29 is 20.1 Å². The zero-order chi connectivity index (χ0) is 5.41. The largest absolute Gasteiger partial charge is 0.358 e. The van der Waals surface area contributed by atoms with Crippen LogP contribution in [0.2, 0.25) is 0 Å². The molecule has 0 heterocycles. The van der Waals surface area contributed by atoms with Crippen LogP contribution in [0, 0.1) is 7.43 Å². The van der Waals surface area contributed by atoms with E-state index in [2.05, 4.69) is 37.8 Å². The second-order valence-corrected chi connectivity index (χ2v) is 0.500. The molecule has 1 heteroatoms. The van der Waals surface area contributed by atoms with Gasteiger partial charge in [-0.3, -0.25) is 0 Å². The van der Waals surface area contributed by atoms with E-state index in [0.717, 1.165) is 0 Å². The van der Waals surface area contributed by atoms with Crippen molar-refractivity contribution in [2.75, 3.05) is 0 Å². The van der Waals surface area contributed by atoms with E-state index < -0.39 is 0 Å². The maximum Gasteiger partial charge on any atom is 0 e. The Kier molecular flexibility index (Phi) is 240. The van der Waals surface area contributed by atoms with Crippen LogP contribution in [0.1, 0.15) is 0 Å². The van der Waals surface area contributed by atoms with Crippen molar-refractivity contribution in [1.29, 1.82) is 0 Å². The Morgan fingerprint density at radius 1 is 0.750 bits per heavy atom. The molecule has 0 saturated heterocycles. The summed E-state index contributed by atoms with van der Waals surface area (Å²) in [5.41, 5.74) is 4.50. The smallest absolute Gasteiger partial charge is 0 e. The van der Waals surface area contributed by atoms with Crippen LogP contribution in [0.4, 0.5) is 0 Å². The van der Waals surface area contributed by atoms with Crippen LogP contribution in [0.3, 0.4) is 0 Å². The Morgan fingerprint density at radius 3 is 0.750 bits per heavy atom. The van der Waals surface area contributed by atoms with Crippen molar-refractivity contribution in [3.63, 3.8) is 0 Å². The number of rotatable bonds is 0. The number of hydrogen-bond acceptors (Lipinski definition) is 0. The van der Waals surface area contributed by atoms with Crippen LogP contribution in [0.15, 0.2) is 37.8 Å². The molecule has 0 aliphatic heterocycles. The Balaban J connectivity index is -0.0000000160. The minimum atomic E-state index is 0. The molecule has 0 amide bonds. The van der Waals surface area contributed by atoms with Crippen LogP contribution in [0.25, 0.3) is 0 Å². The van der Waals surface area contributed by atoms with E-state index in [1.165, 1.54) is 0 Å². The molecule has 0 aromatic heterocycles. The summed E-state index contributed by atoms with van der Waals surface area (Å²) >= 11 is 0. The molecule has 0 saturated carbocycles. The molecule has 1 radical (unpaired) electrons. The topological polar surface area (TPSA) is 0 Å². The van der Waals surface area contributed by atoms with Crippen LogP contribution in [-0.2, 0) is 20.1 Å². The van der Waals surface area contributed by atoms with Crippen molar-refractivity contribution in [2.45, 2.75) is 0 Å². The van der Waals surface area contributed by atoms with Gasteiger partial charge in [0.1, 0.15) is 0 Å². The quantitative estimate of drug-likeness (QED) is 0.474. The minimum absolute atomic E-state index is 0. The van der Waals surface area contributed by atoms with Gasteiger partial charge in [0.15, 0.2) is 0 Å². The van der Waals surface area contributed by atoms with Crippen molar-refractivity contribution >= 4 is 0 Å². The van der Waals surface area contributed by atoms with Gasteiger partial charge in [-0.05, 0) is 0 Å². The van der Waals surface area contributed by atoms with Gasteiger partial charge in [0.2, 0.25) is 0 Å². The predicted molar refractivity (Wildman–Crippen MR) is 35.9 cm³/mol. The number of hydrogen-bond donors (Lipinski definition) is 0. The minimum Gasteiger partial charge on any atom is -0.358 e. The van der Waals surface area contributed by atoms with Crippen LogP contribution in [-0.4, -0.2) is 0 Å². The summed E-state index contributed by atoms with van der Waals surface area (Å²) in [4.78, 5) is 0. The molecule has 0 bridgehead atoms. The molecule has 0 atom stereocenters. The average Bonchev–Trinajstić information content (AvgIpc) is 1.39. The zero-order valence-corrected chi connectivity index (χ0v) is 7.56. The summed E-state index contributed by atoms with van der Waals surface area (Å²) < 4.78 is 0. The van der Waals surface area contributed by atoms with Gasteiger partial charge in [-0.25, -0.2) is 0 Å². The first-order valence-electron chi connectivity index (χ1n) is 1.41. The van der Waals surface area contributed by atoms with E-state index in [-0.39, 0.29) is 27.5 Å². The third kappa shape index (κ3) is 1300. The van der Waals surface area contributed by atoms with Crippen LogP contribution < -0.4 is 0 Å². The molecule has 0 nitrogen and oxygen atoms in total. The second kappa shape index (κ2) is 75.9.